The molecule has 0 aliphatic carbocycles. The first-order valence-corrected chi connectivity index (χ1v) is 6.91. The molecule has 1 saturated heterocycles. The first-order valence-electron chi connectivity index (χ1n) is 6.12. The molecule has 0 atom stereocenters. The number of rotatable bonds is 3. The van der Waals surface area contributed by atoms with Gasteiger partial charge in [0, 0.05) is 18.8 Å². The Balaban J connectivity index is 2.01. The maximum atomic E-state index is 4.56. The summed E-state index contributed by atoms with van der Waals surface area (Å²) in [7, 11) is 0. The largest absolute Gasteiger partial charge is 0.323 e. The fourth-order valence-corrected chi connectivity index (χ4v) is 2.94. The van der Waals surface area contributed by atoms with Crippen molar-refractivity contribution in [3.8, 4) is 0 Å². The predicted octanol–water partition coefficient (Wildman–Crippen LogP) is 3.21. The number of halogens is 1. The Morgan fingerprint density at radius 2 is 2.00 bits per heavy atom. The minimum absolute atomic E-state index is 0.469. The van der Waals surface area contributed by atoms with E-state index in [0.29, 0.717) is 6.04 Å². The standard InChI is InChI=1S/C12H20BrN3/c1-10(2)16-9-11(14-12(16)13)8-15-6-4-3-5-7-15/h9-10H,3-8H2,1-2H3. The monoisotopic (exact) mass is 285 g/mol. The van der Waals surface area contributed by atoms with Crippen LogP contribution in [0.4, 0.5) is 0 Å². The van der Waals surface area contributed by atoms with Gasteiger partial charge in [-0.05, 0) is 55.7 Å². The summed E-state index contributed by atoms with van der Waals surface area (Å²) in [4.78, 5) is 7.07. The summed E-state index contributed by atoms with van der Waals surface area (Å²) in [6, 6.07) is 0.469. The van der Waals surface area contributed by atoms with Crippen LogP contribution in [0.1, 0.15) is 44.8 Å². The molecule has 0 amide bonds. The van der Waals surface area contributed by atoms with Crippen molar-refractivity contribution in [1.29, 1.82) is 0 Å². The molecule has 2 rings (SSSR count). The van der Waals surface area contributed by atoms with Gasteiger partial charge in [0.05, 0.1) is 5.69 Å². The lowest BCUT2D eigenvalue weighted by Gasteiger charge is -2.25. The summed E-state index contributed by atoms with van der Waals surface area (Å²) >= 11 is 3.52. The molecule has 90 valence electrons. The van der Waals surface area contributed by atoms with Crippen molar-refractivity contribution >= 4 is 15.9 Å². The topological polar surface area (TPSA) is 21.1 Å². The summed E-state index contributed by atoms with van der Waals surface area (Å²) in [6.07, 6.45) is 6.24. The quantitative estimate of drug-likeness (QED) is 0.850. The van der Waals surface area contributed by atoms with E-state index in [-0.39, 0.29) is 0 Å². The highest BCUT2D eigenvalue weighted by Gasteiger charge is 2.14. The van der Waals surface area contributed by atoms with E-state index in [1.807, 2.05) is 0 Å². The number of aromatic nitrogens is 2. The molecule has 3 nitrogen and oxygen atoms in total. The number of hydrogen-bond acceptors (Lipinski definition) is 2. The molecule has 0 unspecified atom stereocenters. The average molecular weight is 286 g/mol. The van der Waals surface area contributed by atoms with E-state index in [1.165, 1.54) is 38.0 Å². The third-order valence-electron chi connectivity index (χ3n) is 3.13. The van der Waals surface area contributed by atoms with Crippen LogP contribution < -0.4 is 0 Å². The van der Waals surface area contributed by atoms with Crippen LogP contribution in [0.3, 0.4) is 0 Å². The van der Waals surface area contributed by atoms with Crippen molar-refractivity contribution < 1.29 is 0 Å². The summed E-state index contributed by atoms with van der Waals surface area (Å²) in [5.74, 6) is 0. The van der Waals surface area contributed by atoms with Crippen LogP contribution in [0.2, 0.25) is 0 Å². The molecule has 1 aromatic heterocycles. The Morgan fingerprint density at radius 3 is 2.56 bits per heavy atom. The van der Waals surface area contributed by atoms with Crippen LogP contribution in [0, 0.1) is 0 Å². The minimum atomic E-state index is 0.469. The highest BCUT2D eigenvalue weighted by atomic mass is 79.9. The molecule has 0 N–H and O–H groups in total. The predicted molar refractivity (Wildman–Crippen MR) is 69.4 cm³/mol. The Bertz CT molecular complexity index is 340. The molecule has 0 radical (unpaired) electrons. The lowest BCUT2D eigenvalue weighted by molar-refractivity contribution is 0.218. The third kappa shape index (κ3) is 2.86. The zero-order valence-electron chi connectivity index (χ0n) is 10.1. The van der Waals surface area contributed by atoms with Crippen LogP contribution in [0.15, 0.2) is 10.9 Å². The number of imidazole rings is 1. The summed E-state index contributed by atoms with van der Waals surface area (Å²) < 4.78 is 3.13. The average Bonchev–Trinajstić information content (AvgIpc) is 2.61. The van der Waals surface area contributed by atoms with Gasteiger partial charge < -0.3 is 4.57 Å². The maximum Gasteiger partial charge on any atom is 0.177 e. The van der Waals surface area contributed by atoms with Gasteiger partial charge in [-0.1, -0.05) is 6.42 Å². The van der Waals surface area contributed by atoms with Crippen molar-refractivity contribution in [3.05, 3.63) is 16.6 Å². The number of likely N-dealkylation sites (tertiary alicyclic amines) is 1. The van der Waals surface area contributed by atoms with Gasteiger partial charge in [0.15, 0.2) is 4.73 Å². The molecule has 4 heteroatoms. The number of nitrogens with zero attached hydrogens (tertiary/aromatic N) is 3. The zero-order chi connectivity index (χ0) is 11.5. The van der Waals surface area contributed by atoms with E-state index < -0.39 is 0 Å². The van der Waals surface area contributed by atoms with Crippen molar-refractivity contribution in [2.75, 3.05) is 13.1 Å². The fraction of sp³-hybridized carbons (Fsp3) is 0.750. The molecule has 0 aromatic carbocycles. The van der Waals surface area contributed by atoms with E-state index in [1.54, 1.807) is 0 Å². The normalized spacial score (nSPS) is 18.2. The third-order valence-corrected chi connectivity index (χ3v) is 3.71. The van der Waals surface area contributed by atoms with E-state index in [4.69, 9.17) is 0 Å². The minimum Gasteiger partial charge on any atom is -0.323 e. The van der Waals surface area contributed by atoms with Crippen LogP contribution in [0.5, 0.6) is 0 Å². The molecule has 0 saturated carbocycles. The number of piperidine rings is 1. The second-order valence-corrected chi connectivity index (χ2v) is 5.55. The second kappa shape index (κ2) is 5.32. The molecule has 1 aromatic rings. The van der Waals surface area contributed by atoms with E-state index >= 15 is 0 Å². The highest BCUT2D eigenvalue weighted by molar-refractivity contribution is 9.10. The Morgan fingerprint density at radius 1 is 1.31 bits per heavy atom. The van der Waals surface area contributed by atoms with E-state index in [9.17, 15) is 0 Å². The van der Waals surface area contributed by atoms with Gasteiger partial charge in [-0.25, -0.2) is 4.98 Å². The first kappa shape index (κ1) is 12.1. The summed E-state index contributed by atoms with van der Waals surface area (Å²) in [5, 5.41) is 0. The molecule has 0 spiro atoms. The van der Waals surface area contributed by atoms with Gasteiger partial charge >= 0.3 is 0 Å². The summed E-state index contributed by atoms with van der Waals surface area (Å²) in [5.41, 5.74) is 1.18. The molecule has 0 bridgehead atoms. The maximum absolute atomic E-state index is 4.56. The lowest BCUT2D eigenvalue weighted by atomic mass is 10.1. The van der Waals surface area contributed by atoms with Gasteiger partial charge in [0.25, 0.3) is 0 Å². The number of hydrogen-bond donors (Lipinski definition) is 0. The van der Waals surface area contributed by atoms with Crippen molar-refractivity contribution in [2.24, 2.45) is 0 Å². The Labute approximate surface area is 106 Å². The van der Waals surface area contributed by atoms with Crippen LogP contribution in [-0.2, 0) is 6.54 Å². The van der Waals surface area contributed by atoms with E-state index in [2.05, 4.69) is 50.4 Å². The van der Waals surface area contributed by atoms with Gasteiger partial charge in [0.1, 0.15) is 0 Å². The van der Waals surface area contributed by atoms with Gasteiger partial charge in [0.2, 0.25) is 0 Å². The van der Waals surface area contributed by atoms with Gasteiger partial charge in [-0.15, -0.1) is 0 Å². The molecule has 1 aliphatic heterocycles. The second-order valence-electron chi connectivity index (χ2n) is 4.84. The van der Waals surface area contributed by atoms with Gasteiger partial charge in [-0.2, -0.15) is 0 Å². The lowest BCUT2D eigenvalue weighted by Crippen LogP contribution is -2.29. The van der Waals surface area contributed by atoms with Crippen LogP contribution in [-0.4, -0.2) is 27.5 Å². The van der Waals surface area contributed by atoms with E-state index in [0.717, 1.165) is 11.3 Å². The highest BCUT2D eigenvalue weighted by Crippen LogP contribution is 2.18. The molecule has 16 heavy (non-hydrogen) atoms. The van der Waals surface area contributed by atoms with Crippen LogP contribution in [0.25, 0.3) is 0 Å². The van der Waals surface area contributed by atoms with Crippen molar-refractivity contribution in [3.63, 3.8) is 0 Å². The van der Waals surface area contributed by atoms with Crippen LogP contribution >= 0.6 is 15.9 Å². The Hall–Kier alpha value is -0.350. The molecule has 1 fully saturated rings. The summed E-state index contributed by atoms with van der Waals surface area (Å²) in [6.45, 7) is 7.81. The zero-order valence-corrected chi connectivity index (χ0v) is 11.7. The SMILES string of the molecule is CC(C)n1cc(CN2CCCCC2)nc1Br. The van der Waals surface area contributed by atoms with Gasteiger partial charge in [-0.3, -0.25) is 4.90 Å². The van der Waals surface area contributed by atoms with Crippen molar-refractivity contribution in [2.45, 2.75) is 45.7 Å². The fourth-order valence-electron chi connectivity index (χ4n) is 2.20. The van der Waals surface area contributed by atoms with Crippen molar-refractivity contribution in [1.82, 2.24) is 14.5 Å². The molecular weight excluding hydrogens is 266 g/mol. The molecule has 2 heterocycles. The first-order chi connectivity index (χ1) is 7.66. The Kier molecular flexibility index (Phi) is 4.03. The smallest absolute Gasteiger partial charge is 0.177 e. The molecular formula is C12H20BrN3. The molecule has 1 aliphatic rings.